The predicted octanol–water partition coefficient (Wildman–Crippen LogP) is 3.72. The maximum Gasteiger partial charge on any atom is 0.223 e. The molecule has 0 bridgehead atoms. The van der Waals surface area contributed by atoms with Crippen molar-refractivity contribution in [3.05, 3.63) is 35.9 Å². The number of likely N-dealkylation sites (tertiary alicyclic amines) is 1. The molecule has 0 N–H and O–H groups in total. The molecule has 4 rings (SSSR count). The van der Waals surface area contributed by atoms with Crippen molar-refractivity contribution >= 4 is 33.7 Å². The summed E-state index contributed by atoms with van der Waals surface area (Å²) in [6, 6.07) is 9.31. The molecule has 1 aliphatic rings. The zero-order valence-corrected chi connectivity index (χ0v) is 18.1. The monoisotopic (exact) mass is 423 g/mol. The third kappa shape index (κ3) is 3.50. The summed E-state index contributed by atoms with van der Waals surface area (Å²) in [5.74, 6) is 2.42. The summed E-state index contributed by atoms with van der Waals surface area (Å²) < 4.78 is 22.0. The van der Waals surface area contributed by atoms with Gasteiger partial charge in [0, 0.05) is 13.0 Å². The highest BCUT2D eigenvalue weighted by molar-refractivity contribution is 6.11. The number of methoxy groups -OCH3 is 4. The van der Waals surface area contributed by atoms with Gasteiger partial charge in [0.2, 0.25) is 5.91 Å². The molecule has 1 heterocycles. The molecule has 1 aliphatic heterocycles. The van der Waals surface area contributed by atoms with Crippen molar-refractivity contribution < 1.29 is 28.5 Å². The first-order valence-electron chi connectivity index (χ1n) is 10.0. The van der Waals surface area contributed by atoms with E-state index in [1.54, 1.807) is 33.3 Å². The number of carbonyl (C=O) groups is 2. The minimum atomic E-state index is -0.399. The Balaban J connectivity index is 2.00. The number of hydrogen-bond acceptors (Lipinski definition) is 6. The Bertz CT molecular complexity index is 1170. The molecule has 1 saturated heterocycles. The molecule has 0 saturated carbocycles. The van der Waals surface area contributed by atoms with Gasteiger partial charge in [-0.1, -0.05) is 0 Å². The lowest BCUT2D eigenvalue weighted by molar-refractivity contribution is -0.131. The second-order valence-electron chi connectivity index (χ2n) is 7.48. The van der Waals surface area contributed by atoms with Gasteiger partial charge in [-0.05, 0) is 63.9 Å². The molecule has 1 amide bonds. The molecular formula is C24H25NO6. The number of fused-ring (bicyclic) bond motifs is 3. The van der Waals surface area contributed by atoms with Gasteiger partial charge in [-0.25, -0.2) is 0 Å². The van der Waals surface area contributed by atoms with Gasteiger partial charge in [0.05, 0.1) is 34.5 Å². The smallest absolute Gasteiger partial charge is 0.223 e. The number of rotatable bonds is 7. The highest BCUT2D eigenvalue weighted by Gasteiger charge is 2.31. The van der Waals surface area contributed by atoms with E-state index in [4.69, 9.17) is 18.9 Å². The van der Waals surface area contributed by atoms with Crippen molar-refractivity contribution in [3.8, 4) is 23.0 Å². The number of benzene rings is 3. The third-order valence-electron chi connectivity index (χ3n) is 5.92. The standard InChI is InChI=1S/C24H25NO6/c1-28-20-8-14-7-15(12-25-16(13-26)5-6-24(25)27)18-10-22(30-3)23(31-4)11-19(18)17(14)9-21(20)29-2/h7-11,13,16H,5-6,12H2,1-4H3/t16-/m0/s1. The second-order valence-corrected chi connectivity index (χ2v) is 7.48. The summed E-state index contributed by atoms with van der Waals surface area (Å²) >= 11 is 0. The van der Waals surface area contributed by atoms with Gasteiger partial charge in [-0.2, -0.15) is 0 Å². The van der Waals surface area contributed by atoms with Crippen LogP contribution in [0.25, 0.3) is 21.5 Å². The zero-order chi connectivity index (χ0) is 22.1. The lowest BCUT2D eigenvalue weighted by Crippen LogP contribution is -2.33. The quantitative estimate of drug-likeness (QED) is 0.426. The van der Waals surface area contributed by atoms with E-state index in [9.17, 15) is 9.59 Å². The van der Waals surface area contributed by atoms with Crippen LogP contribution in [0.15, 0.2) is 30.3 Å². The molecule has 0 unspecified atom stereocenters. The summed E-state index contributed by atoms with van der Waals surface area (Å²) in [5, 5.41) is 3.74. The van der Waals surface area contributed by atoms with Crippen molar-refractivity contribution in [2.24, 2.45) is 0 Å². The number of aldehydes is 1. The number of amides is 1. The Morgan fingerprint density at radius 1 is 0.839 bits per heavy atom. The van der Waals surface area contributed by atoms with Crippen molar-refractivity contribution in [1.82, 2.24) is 4.90 Å². The maximum atomic E-state index is 12.4. The average molecular weight is 423 g/mol. The molecule has 162 valence electrons. The van der Waals surface area contributed by atoms with Crippen LogP contribution >= 0.6 is 0 Å². The first-order chi connectivity index (χ1) is 15.0. The third-order valence-corrected chi connectivity index (χ3v) is 5.92. The van der Waals surface area contributed by atoms with E-state index < -0.39 is 6.04 Å². The summed E-state index contributed by atoms with van der Waals surface area (Å²) in [4.78, 5) is 25.6. The Morgan fingerprint density at radius 2 is 1.39 bits per heavy atom. The van der Waals surface area contributed by atoms with Crippen LogP contribution in [0.4, 0.5) is 0 Å². The average Bonchev–Trinajstić information content (AvgIpc) is 3.16. The molecule has 7 nitrogen and oxygen atoms in total. The Labute approximate surface area is 180 Å². The minimum Gasteiger partial charge on any atom is -0.493 e. The second kappa shape index (κ2) is 8.34. The van der Waals surface area contributed by atoms with E-state index in [0.717, 1.165) is 33.4 Å². The van der Waals surface area contributed by atoms with E-state index in [1.807, 2.05) is 30.3 Å². The number of carbonyl (C=O) groups excluding carboxylic acids is 2. The molecule has 0 spiro atoms. The summed E-state index contributed by atoms with van der Waals surface area (Å²) in [6.07, 6.45) is 1.79. The van der Waals surface area contributed by atoms with Crippen LogP contribution in [0.5, 0.6) is 23.0 Å². The van der Waals surface area contributed by atoms with Crippen LogP contribution < -0.4 is 18.9 Å². The SMILES string of the molecule is COc1cc2cc(CN3C(=O)CC[C@H]3C=O)c3cc(OC)c(OC)cc3c2cc1OC. The fourth-order valence-corrected chi connectivity index (χ4v) is 4.30. The summed E-state index contributed by atoms with van der Waals surface area (Å²) in [7, 11) is 6.38. The van der Waals surface area contributed by atoms with E-state index in [2.05, 4.69) is 0 Å². The fraction of sp³-hybridized carbons (Fsp3) is 0.333. The van der Waals surface area contributed by atoms with Crippen LogP contribution in [-0.4, -0.2) is 51.6 Å². The Hall–Kier alpha value is -3.48. The number of hydrogen-bond donors (Lipinski definition) is 0. The van der Waals surface area contributed by atoms with E-state index in [1.165, 1.54) is 0 Å². The maximum absolute atomic E-state index is 12.4. The van der Waals surface area contributed by atoms with Gasteiger partial charge in [-0.15, -0.1) is 0 Å². The first kappa shape index (κ1) is 20.8. The van der Waals surface area contributed by atoms with Crippen LogP contribution in [0.1, 0.15) is 18.4 Å². The van der Waals surface area contributed by atoms with Gasteiger partial charge in [-0.3, -0.25) is 4.79 Å². The van der Waals surface area contributed by atoms with E-state index >= 15 is 0 Å². The van der Waals surface area contributed by atoms with E-state index in [-0.39, 0.29) is 5.91 Å². The topological polar surface area (TPSA) is 74.3 Å². The number of ether oxygens (including phenoxy) is 4. The molecule has 1 fully saturated rings. The molecule has 7 heteroatoms. The highest BCUT2D eigenvalue weighted by atomic mass is 16.5. The van der Waals surface area contributed by atoms with Crippen molar-refractivity contribution in [2.75, 3.05) is 28.4 Å². The van der Waals surface area contributed by atoms with Crippen LogP contribution in [0.3, 0.4) is 0 Å². The van der Waals surface area contributed by atoms with Crippen LogP contribution in [-0.2, 0) is 16.1 Å². The summed E-state index contributed by atoms with van der Waals surface area (Å²) in [6.45, 7) is 0.332. The number of nitrogens with zero attached hydrogens (tertiary/aromatic N) is 1. The Morgan fingerprint density at radius 3 is 1.97 bits per heavy atom. The fourth-order valence-electron chi connectivity index (χ4n) is 4.30. The largest absolute Gasteiger partial charge is 0.493 e. The van der Waals surface area contributed by atoms with Gasteiger partial charge >= 0.3 is 0 Å². The van der Waals surface area contributed by atoms with Gasteiger partial charge in [0.25, 0.3) is 0 Å². The van der Waals surface area contributed by atoms with Gasteiger partial charge in [0.1, 0.15) is 6.29 Å². The molecule has 3 aromatic carbocycles. The normalized spacial score (nSPS) is 16.1. The molecule has 0 aliphatic carbocycles. The molecule has 0 aromatic heterocycles. The van der Waals surface area contributed by atoms with E-state index in [0.29, 0.717) is 42.4 Å². The molecular weight excluding hydrogens is 398 g/mol. The van der Waals surface area contributed by atoms with Crippen molar-refractivity contribution in [2.45, 2.75) is 25.4 Å². The molecule has 1 atom stereocenters. The first-order valence-corrected chi connectivity index (χ1v) is 10.0. The highest BCUT2D eigenvalue weighted by Crippen LogP contribution is 2.41. The zero-order valence-electron chi connectivity index (χ0n) is 18.1. The predicted molar refractivity (Wildman–Crippen MR) is 117 cm³/mol. The van der Waals surface area contributed by atoms with Gasteiger partial charge in [0.15, 0.2) is 23.0 Å². The molecule has 3 aromatic rings. The van der Waals surface area contributed by atoms with Crippen LogP contribution in [0.2, 0.25) is 0 Å². The van der Waals surface area contributed by atoms with Crippen LogP contribution in [0, 0.1) is 0 Å². The van der Waals surface area contributed by atoms with Crippen molar-refractivity contribution in [3.63, 3.8) is 0 Å². The molecule has 31 heavy (non-hydrogen) atoms. The summed E-state index contributed by atoms with van der Waals surface area (Å²) in [5.41, 5.74) is 0.915. The Kier molecular flexibility index (Phi) is 5.59. The molecule has 0 radical (unpaired) electrons. The van der Waals surface area contributed by atoms with Gasteiger partial charge < -0.3 is 28.6 Å². The minimum absolute atomic E-state index is 0.0156. The lowest BCUT2D eigenvalue weighted by Gasteiger charge is -2.23. The van der Waals surface area contributed by atoms with Crippen molar-refractivity contribution in [1.29, 1.82) is 0 Å². The lowest BCUT2D eigenvalue weighted by atomic mass is 9.95.